The SMILES string of the molecule is COC(C)CN1CCCc2ccc(CCCC(N)=O)nc21. The molecule has 0 aliphatic carbocycles. The number of amides is 1. The van der Waals surface area contributed by atoms with Crippen LogP contribution in [0.1, 0.15) is 37.4 Å². The number of hydrogen-bond acceptors (Lipinski definition) is 4. The van der Waals surface area contributed by atoms with Crippen molar-refractivity contribution in [3.63, 3.8) is 0 Å². The predicted molar refractivity (Wildman–Crippen MR) is 83.4 cm³/mol. The second kappa shape index (κ2) is 7.41. The first-order chi connectivity index (χ1) is 10.1. The van der Waals surface area contributed by atoms with Gasteiger partial charge in [0.15, 0.2) is 0 Å². The molecule has 2 rings (SSSR count). The van der Waals surface area contributed by atoms with Gasteiger partial charge in [-0.2, -0.15) is 0 Å². The van der Waals surface area contributed by atoms with Crippen molar-refractivity contribution in [2.45, 2.75) is 45.1 Å². The summed E-state index contributed by atoms with van der Waals surface area (Å²) in [6, 6.07) is 4.24. The third kappa shape index (κ3) is 4.43. The van der Waals surface area contributed by atoms with Crippen molar-refractivity contribution < 1.29 is 9.53 Å². The van der Waals surface area contributed by atoms with E-state index in [-0.39, 0.29) is 12.0 Å². The number of nitrogens with zero attached hydrogens (tertiary/aromatic N) is 2. The fraction of sp³-hybridized carbons (Fsp3) is 0.625. The molecule has 5 nitrogen and oxygen atoms in total. The molecule has 21 heavy (non-hydrogen) atoms. The van der Waals surface area contributed by atoms with Gasteiger partial charge < -0.3 is 15.4 Å². The lowest BCUT2D eigenvalue weighted by atomic mass is 10.0. The number of carbonyl (C=O) groups is 1. The van der Waals surface area contributed by atoms with Crippen LogP contribution >= 0.6 is 0 Å². The minimum Gasteiger partial charge on any atom is -0.380 e. The molecule has 1 aromatic rings. The number of pyridine rings is 1. The Morgan fingerprint density at radius 1 is 1.52 bits per heavy atom. The summed E-state index contributed by atoms with van der Waals surface area (Å²) >= 11 is 0. The number of methoxy groups -OCH3 is 1. The monoisotopic (exact) mass is 291 g/mol. The van der Waals surface area contributed by atoms with Crippen molar-refractivity contribution in [3.8, 4) is 0 Å². The highest BCUT2D eigenvalue weighted by Crippen LogP contribution is 2.26. The zero-order valence-corrected chi connectivity index (χ0v) is 13.0. The number of aryl methyl sites for hydroxylation is 2. The third-order valence-electron chi connectivity index (χ3n) is 3.92. The van der Waals surface area contributed by atoms with E-state index in [9.17, 15) is 4.79 Å². The van der Waals surface area contributed by atoms with Crippen LogP contribution in [0.15, 0.2) is 12.1 Å². The first-order valence-electron chi connectivity index (χ1n) is 7.65. The molecule has 5 heteroatoms. The number of ether oxygens (including phenoxy) is 1. The number of rotatable bonds is 7. The summed E-state index contributed by atoms with van der Waals surface area (Å²) in [7, 11) is 1.74. The van der Waals surface area contributed by atoms with Crippen LogP contribution in [0.4, 0.5) is 5.82 Å². The van der Waals surface area contributed by atoms with Crippen molar-refractivity contribution in [1.29, 1.82) is 0 Å². The molecule has 1 amide bonds. The Morgan fingerprint density at radius 3 is 3.05 bits per heavy atom. The van der Waals surface area contributed by atoms with Crippen LogP contribution < -0.4 is 10.6 Å². The van der Waals surface area contributed by atoms with E-state index in [1.54, 1.807) is 7.11 Å². The van der Waals surface area contributed by atoms with Gasteiger partial charge in [-0.1, -0.05) is 6.07 Å². The second-order valence-electron chi connectivity index (χ2n) is 5.70. The molecular formula is C16H25N3O2. The van der Waals surface area contributed by atoms with Crippen LogP contribution in [-0.2, 0) is 22.4 Å². The van der Waals surface area contributed by atoms with Crippen molar-refractivity contribution in [3.05, 3.63) is 23.4 Å². The molecule has 0 saturated heterocycles. The minimum atomic E-state index is -0.247. The molecule has 0 radical (unpaired) electrons. The lowest BCUT2D eigenvalue weighted by Crippen LogP contribution is -2.36. The number of hydrogen-bond donors (Lipinski definition) is 1. The average molecular weight is 291 g/mol. The Kier molecular flexibility index (Phi) is 5.56. The first kappa shape index (κ1) is 15.8. The summed E-state index contributed by atoms with van der Waals surface area (Å²) in [5, 5.41) is 0. The molecule has 1 unspecified atom stereocenters. The molecule has 0 spiro atoms. The van der Waals surface area contributed by atoms with E-state index in [0.717, 1.165) is 50.3 Å². The maximum absolute atomic E-state index is 10.8. The minimum absolute atomic E-state index is 0.191. The molecule has 0 bridgehead atoms. The second-order valence-corrected chi connectivity index (χ2v) is 5.70. The zero-order valence-electron chi connectivity index (χ0n) is 13.0. The van der Waals surface area contributed by atoms with Gasteiger partial charge in [0.2, 0.25) is 5.91 Å². The zero-order chi connectivity index (χ0) is 15.2. The predicted octanol–water partition coefficient (Wildman–Crippen LogP) is 1.68. The lowest BCUT2D eigenvalue weighted by Gasteiger charge is -2.32. The largest absolute Gasteiger partial charge is 0.380 e. The van der Waals surface area contributed by atoms with Crippen LogP contribution in [0.5, 0.6) is 0 Å². The van der Waals surface area contributed by atoms with E-state index >= 15 is 0 Å². The van der Waals surface area contributed by atoms with E-state index in [1.165, 1.54) is 5.56 Å². The normalized spacial score (nSPS) is 15.6. The van der Waals surface area contributed by atoms with E-state index in [4.69, 9.17) is 15.5 Å². The van der Waals surface area contributed by atoms with Gasteiger partial charge in [0.05, 0.1) is 6.10 Å². The number of primary amides is 1. The van der Waals surface area contributed by atoms with E-state index in [2.05, 4.69) is 24.0 Å². The summed E-state index contributed by atoms with van der Waals surface area (Å²) in [6.45, 7) is 3.96. The maximum Gasteiger partial charge on any atom is 0.217 e. The lowest BCUT2D eigenvalue weighted by molar-refractivity contribution is -0.118. The Bertz CT molecular complexity index is 490. The van der Waals surface area contributed by atoms with E-state index < -0.39 is 0 Å². The summed E-state index contributed by atoms with van der Waals surface area (Å²) in [5.41, 5.74) is 7.52. The Hall–Kier alpha value is -1.62. The van der Waals surface area contributed by atoms with Gasteiger partial charge in [0.1, 0.15) is 5.82 Å². The molecule has 116 valence electrons. The van der Waals surface area contributed by atoms with Gasteiger partial charge >= 0.3 is 0 Å². The molecule has 1 aromatic heterocycles. The number of carbonyl (C=O) groups excluding carboxylic acids is 1. The standard InChI is InChI=1S/C16H25N3O2/c1-12(21-2)11-19-10-4-5-13-8-9-14(18-16(13)19)6-3-7-15(17)20/h8-9,12H,3-7,10-11H2,1-2H3,(H2,17,20). The van der Waals surface area contributed by atoms with Crippen molar-refractivity contribution in [1.82, 2.24) is 4.98 Å². The van der Waals surface area contributed by atoms with Gasteiger partial charge in [-0.25, -0.2) is 4.98 Å². The van der Waals surface area contributed by atoms with Crippen molar-refractivity contribution in [2.24, 2.45) is 5.73 Å². The highest BCUT2D eigenvalue weighted by Gasteiger charge is 2.20. The maximum atomic E-state index is 10.8. The quantitative estimate of drug-likeness (QED) is 0.830. The average Bonchev–Trinajstić information content (AvgIpc) is 2.47. The van der Waals surface area contributed by atoms with E-state index in [0.29, 0.717) is 6.42 Å². The number of anilines is 1. The van der Waals surface area contributed by atoms with Crippen LogP contribution in [0, 0.1) is 0 Å². The van der Waals surface area contributed by atoms with Crippen molar-refractivity contribution >= 4 is 11.7 Å². The molecule has 1 aliphatic rings. The molecule has 0 aromatic carbocycles. The number of nitrogens with two attached hydrogens (primary N) is 1. The van der Waals surface area contributed by atoms with Gasteiger partial charge in [-0.3, -0.25) is 4.79 Å². The Morgan fingerprint density at radius 2 is 2.33 bits per heavy atom. The summed E-state index contributed by atoms with van der Waals surface area (Å²) < 4.78 is 5.37. The van der Waals surface area contributed by atoms with E-state index in [1.807, 2.05) is 0 Å². The highest BCUT2D eigenvalue weighted by molar-refractivity contribution is 5.73. The summed E-state index contributed by atoms with van der Waals surface area (Å²) in [6.07, 6.45) is 4.41. The number of fused-ring (bicyclic) bond motifs is 1. The van der Waals surface area contributed by atoms with Crippen LogP contribution in [0.25, 0.3) is 0 Å². The first-order valence-corrected chi connectivity index (χ1v) is 7.65. The van der Waals surface area contributed by atoms with Crippen LogP contribution in [-0.4, -0.2) is 37.2 Å². The number of aromatic nitrogens is 1. The van der Waals surface area contributed by atoms with Crippen molar-refractivity contribution in [2.75, 3.05) is 25.1 Å². The molecule has 1 atom stereocenters. The molecule has 2 N–H and O–H groups in total. The van der Waals surface area contributed by atoms with Crippen LogP contribution in [0.2, 0.25) is 0 Å². The molecule has 0 fully saturated rings. The molecule has 1 aliphatic heterocycles. The van der Waals surface area contributed by atoms with Gasteiger partial charge in [-0.05, 0) is 44.2 Å². The third-order valence-corrected chi connectivity index (χ3v) is 3.92. The smallest absolute Gasteiger partial charge is 0.217 e. The Labute approximate surface area is 126 Å². The highest BCUT2D eigenvalue weighted by atomic mass is 16.5. The fourth-order valence-corrected chi connectivity index (χ4v) is 2.70. The Balaban J connectivity index is 2.07. The van der Waals surface area contributed by atoms with Gasteiger partial charge in [0, 0.05) is 32.3 Å². The van der Waals surface area contributed by atoms with Gasteiger partial charge in [-0.15, -0.1) is 0 Å². The molecular weight excluding hydrogens is 266 g/mol. The molecule has 0 saturated carbocycles. The van der Waals surface area contributed by atoms with Gasteiger partial charge in [0.25, 0.3) is 0 Å². The summed E-state index contributed by atoms with van der Waals surface area (Å²) in [4.78, 5) is 17.9. The fourth-order valence-electron chi connectivity index (χ4n) is 2.70. The summed E-state index contributed by atoms with van der Waals surface area (Å²) in [5.74, 6) is 0.838. The van der Waals surface area contributed by atoms with Crippen LogP contribution in [0.3, 0.4) is 0 Å². The molecule has 2 heterocycles. The topological polar surface area (TPSA) is 68.5 Å².